The molecule has 7 heteroatoms. The lowest BCUT2D eigenvalue weighted by Gasteiger charge is -2.13. The molecule has 0 aliphatic heterocycles. The number of nitrogens with one attached hydrogen (secondary N) is 1. The maximum atomic E-state index is 13.9. The summed E-state index contributed by atoms with van der Waals surface area (Å²) in [7, 11) is 1.86. The Labute approximate surface area is 145 Å². The van der Waals surface area contributed by atoms with E-state index in [0.29, 0.717) is 12.1 Å². The van der Waals surface area contributed by atoms with Crippen molar-refractivity contribution in [3.05, 3.63) is 46.5 Å². The van der Waals surface area contributed by atoms with Crippen LogP contribution in [0.2, 0.25) is 0 Å². The van der Waals surface area contributed by atoms with E-state index in [9.17, 15) is 14.0 Å². The molecule has 0 saturated carbocycles. The van der Waals surface area contributed by atoms with E-state index in [1.807, 2.05) is 20.9 Å². The molecule has 0 radical (unpaired) electrons. The molecule has 25 heavy (non-hydrogen) atoms. The molecular weight excluding hydrogens is 325 g/mol. The normalized spacial score (nSPS) is 12.0. The number of nitrogens with zero attached hydrogens (tertiary/aromatic N) is 2. The van der Waals surface area contributed by atoms with Crippen molar-refractivity contribution in [1.29, 1.82) is 0 Å². The van der Waals surface area contributed by atoms with E-state index >= 15 is 0 Å². The summed E-state index contributed by atoms with van der Waals surface area (Å²) in [5.74, 6) is -2.30. The summed E-state index contributed by atoms with van der Waals surface area (Å²) in [6.45, 7) is 5.66. The number of hydrogen-bond donors (Lipinski definition) is 2. The second kappa shape index (κ2) is 7.46. The van der Waals surface area contributed by atoms with Crippen molar-refractivity contribution in [2.24, 2.45) is 13.0 Å². The van der Waals surface area contributed by atoms with Crippen molar-refractivity contribution in [2.45, 2.75) is 33.6 Å². The van der Waals surface area contributed by atoms with Gasteiger partial charge in [-0.3, -0.25) is 14.3 Å². The average molecular weight is 347 g/mol. The van der Waals surface area contributed by atoms with Gasteiger partial charge in [0.1, 0.15) is 5.82 Å². The number of rotatable bonds is 6. The van der Waals surface area contributed by atoms with E-state index in [1.165, 1.54) is 12.1 Å². The molecule has 2 aromatic rings. The number of aromatic nitrogens is 2. The molecule has 0 spiro atoms. The molecule has 0 fully saturated rings. The maximum absolute atomic E-state index is 13.9. The third-order valence-electron chi connectivity index (χ3n) is 4.28. The van der Waals surface area contributed by atoms with Gasteiger partial charge in [-0.2, -0.15) is 5.10 Å². The highest BCUT2D eigenvalue weighted by Gasteiger charge is 2.19. The van der Waals surface area contributed by atoms with Crippen molar-refractivity contribution in [3.8, 4) is 0 Å². The molecule has 1 atom stereocenters. The standard InChI is InChI=1S/C18H22FN3O3/c1-10(7-15-11(2)21-22(4)12(15)3)18(25)20-14-6-5-13(8-17(23)24)16(19)9-14/h5-6,9-10H,7-8H2,1-4H3,(H,20,25)(H,23,24). The minimum Gasteiger partial charge on any atom is -0.481 e. The Bertz CT molecular complexity index is 814. The number of carboxylic acids is 1. The summed E-state index contributed by atoms with van der Waals surface area (Å²) in [5.41, 5.74) is 3.33. The number of carboxylic acid groups (broad SMARTS) is 1. The van der Waals surface area contributed by atoms with Crippen molar-refractivity contribution in [1.82, 2.24) is 9.78 Å². The van der Waals surface area contributed by atoms with Gasteiger partial charge in [-0.15, -0.1) is 0 Å². The highest BCUT2D eigenvalue weighted by molar-refractivity contribution is 5.92. The van der Waals surface area contributed by atoms with Gasteiger partial charge in [0, 0.05) is 24.3 Å². The Hall–Kier alpha value is -2.70. The van der Waals surface area contributed by atoms with Crippen LogP contribution >= 0.6 is 0 Å². The Morgan fingerprint density at radius 2 is 2.04 bits per heavy atom. The predicted molar refractivity (Wildman–Crippen MR) is 91.9 cm³/mol. The van der Waals surface area contributed by atoms with E-state index < -0.39 is 18.2 Å². The summed E-state index contributed by atoms with van der Waals surface area (Å²) in [5, 5.41) is 15.7. The van der Waals surface area contributed by atoms with Gasteiger partial charge in [-0.25, -0.2) is 4.39 Å². The summed E-state index contributed by atoms with van der Waals surface area (Å²) >= 11 is 0. The van der Waals surface area contributed by atoms with Gasteiger partial charge in [0.2, 0.25) is 5.91 Å². The Kier molecular flexibility index (Phi) is 5.56. The van der Waals surface area contributed by atoms with Crippen LogP contribution in [0, 0.1) is 25.6 Å². The fourth-order valence-corrected chi connectivity index (χ4v) is 2.71. The number of aliphatic carboxylic acids is 1. The Morgan fingerprint density at radius 3 is 2.56 bits per heavy atom. The second-order valence-corrected chi connectivity index (χ2v) is 6.24. The molecule has 0 aliphatic carbocycles. The lowest BCUT2D eigenvalue weighted by molar-refractivity contribution is -0.136. The third-order valence-corrected chi connectivity index (χ3v) is 4.28. The van der Waals surface area contributed by atoms with E-state index in [4.69, 9.17) is 5.11 Å². The van der Waals surface area contributed by atoms with Crippen LogP contribution in [0.1, 0.15) is 29.4 Å². The second-order valence-electron chi connectivity index (χ2n) is 6.24. The Morgan fingerprint density at radius 1 is 1.36 bits per heavy atom. The van der Waals surface area contributed by atoms with E-state index in [-0.39, 0.29) is 17.4 Å². The number of carbonyl (C=O) groups excluding carboxylic acids is 1. The van der Waals surface area contributed by atoms with Crippen LogP contribution in [0.25, 0.3) is 0 Å². The molecule has 2 rings (SSSR count). The van der Waals surface area contributed by atoms with Gasteiger partial charge < -0.3 is 10.4 Å². The van der Waals surface area contributed by atoms with E-state index in [0.717, 1.165) is 23.0 Å². The summed E-state index contributed by atoms with van der Waals surface area (Å²) in [4.78, 5) is 23.0. The van der Waals surface area contributed by atoms with Crippen LogP contribution in [-0.4, -0.2) is 26.8 Å². The zero-order valence-corrected chi connectivity index (χ0v) is 14.8. The zero-order valence-electron chi connectivity index (χ0n) is 14.8. The monoisotopic (exact) mass is 347 g/mol. The van der Waals surface area contributed by atoms with Crippen molar-refractivity contribution >= 4 is 17.6 Å². The Balaban J connectivity index is 2.06. The van der Waals surface area contributed by atoms with Gasteiger partial charge >= 0.3 is 5.97 Å². The number of anilines is 1. The predicted octanol–water partition coefficient (Wildman–Crippen LogP) is 2.62. The molecule has 1 amide bonds. The molecule has 1 unspecified atom stereocenters. The van der Waals surface area contributed by atoms with Gasteiger partial charge in [-0.05, 0) is 43.5 Å². The molecular formula is C18H22FN3O3. The summed E-state index contributed by atoms with van der Waals surface area (Å²) in [6.07, 6.45) is 0.146. The first-order valence-corrected chi connectivity index (χ1v) is 7.99. The van der Waals surface area contributed by atoms with Crippen LogP contribution in [0.3, 0.4) is 0 Å². The molecule has 1 heterocycles. The first-order valence-electron chi connectivity index (χ1n) is 7.99. The minimum absolute atomic E-state index is 0.0835. The molecule has 0 saturated heterocycles. The average Bonchev–Trinajstić information content (AvgIpc) is 2.76. The van der Waals surface area contributed by atoms with Gasteiger partial charge in [0.05, 0.1) is 12.1 Å². The molecule has 0 aliphatic rings. The van der Waals surface area contributed by atoms with E-state index in [1.54, 1.807) is 11.6 Å². The topological polar surface area (TPSA) is 84.2 Å². The lowest BCUT2D eigenvalue weighted by Crippen LogP contribution is -2.22. The van der Waals surface area contributed by atoms with Crippen molar-refractivity contribution in [2.75, 3.05) is 5.32 Å². The van der Waals surface area contributed by atoms with Gasteiger partial charge in [0.25, 0.3) is 0 Å². The summed E-state index contributed by atoms with van der Waals surface area (Å²) < 4.78 is 15.7. The number of amides is 1. The summed E-state index contributed by atoms with van der Waals surface area (Å²) in [6, 6.07) is 4.02. The quantitative estimate of drug-likeness (QED) is 0.841. The molecule has 0 bridgehead atoms. The zero-order chi connectivity index (χ0) is 18.7. The molecule has 134 valence electrons. The minimum atomic E-state index is -1.11. The van der Waals surface area contributed by atoms with Crippen LogP contribution in [0.15, 0.2) is 18.2 Å². The highest BCUT2D eigenvalue weighted by atomic mass is 19.1. The lowest BCUT2D eigenvalue weighted by atomic mass is 9.98. The molecule has 1 aromatic heterocycles. The fraction of sp³-hybridized carbons (Fsp3) is 0.389. The number of aryl methyl sites for hydroxylation is 2. The number of halogens is 1. The van der Waals surface area contributed by atoms with Crippen molar-refractivity contribution < 1.29 is 19.1 Å². The SMILES string of the molecule is Cc1nn(C)c(C)c1CC(C)C(=O)Nc1ccc(CC(=O)O)c(F)c1. The third kappa shape index (κ3) is 4.43. The molecule has 2 N–H and O–H groups in total. The number of benzene rings is 1. The first-order chi connectivity index (χ1) is 11.7. The number of carbonyl (C=O) groups is 2. The largest absolute Gasteiger partial charge is 0.481 e. The van der Waals surface area contributed by atoms with Gasteiger partial charge in [0.15, 0.2) is 0 Å². The maximum Gasteiger partial charge on any atom is 0.307 e. The highest BCUT2D eigenvalue weighted by Crippen LogP contribution is 2.20. The molecule has 6 nitrogen and oxygen atoms in total. The van der Waals surface area contributed by atoms with Gasteiger partial charge in [-0.1, -0.05) is 13.0 Å². The number of hydrogen-bond acceptors (Lipinski definition) is 3. The molecule has 1 aromatic carbocycles. The van der Waals surface area contributed by atoms with E-state index in [2.05, 4.69) is 10.4 Å². The van der Waals surface area contributed by atoms with Crippen LogP contribution in [0.5, 0.6) is 0 Å². The first kappa shape index (κ1) is 18.6. The smallest absolute Gasteiger partial charge is 0.307 e. The van der Waals surface area contributed by atoms with Crippen molar-refractivity contribution in [3.63, 3.8) is 0 Å². The van der Waals surface area contributed by atoms with Crippen LogP contribution < -0.4 is 5.32 Å². The van der Waals surface area contributed by atoms with Crippen LogP contribution in [-0.2, 0) is 29.5 Å². The van der Waals surface area contributed by atoms with Crippen LogP contribution in [0.4, 0.5) is 10.1 Å². The fourth-order valence-electron chi connectivity index (χ4n) is 2.71.